The number of carboxylic acid groups (broad SMARTS) is 1. The summed E-state index contributed by atoms with van der Waals surface area (Å²) in [6.07, 6.45) is 1.77. The quantitative estimate of drug-likeness (QED) is 0.363. The lowest BCUT2D eigenvalue weighted by molar-refractivity contribution is -0.151. The number of fused-ring (bicyclic) bond motifs is 1. The Balaban J connectivity index is 1.47. The van der Waals surface area contributed by atoms with Gasteiger partial charge in [-0.15, -0.1) is 0 Å². The molecule has 1 aliphatic rings. The number of aliphatic carboxylic acids is 1. The van der Waals surface area contributed by atoms with Crippen molar-refractivity contribution in [1.29, 1.82) is 0 Å². The molecular weight excluding hydrogens is 514 g/mol. The summed E-state index contributed by atoms with van der Waals surface area (Å²) < 4.78 is 29.3. The van der Waals surface area contributed by atoms with Gasteiger partial charge in [0.25, 0.3) is 0 Å². The SMILES string of the molecule is Cc1cc(Cn2cnc3c2CC(C(=O)O)N(C(=O)C(c2ccc(F)cc2)c2ccc(F)cc2)C3)ccc1N(C)C. The lowest BCUT2D eigenvalue weighted by Gasteiger charge is -2.35. The molecule has 206 valence electrons. The molecule has 0 spiro atoms. The number of hydrogen-bond donors (Lipinski definition) is 1. The Kier molecular flexibility index (Phi) is 7.38. The van der Waals surface area contributed by atoms with Crippen LogP contribution in [0.5, 0.6) is 0 Å². The molecule has 1 aliphatic heterocycles. The molecule has 0 fully saturated rings. The Morgan fingerprint density at radius 1 is 1.00 bits per heavy atom. The Morgan fingerprint density at radius 3 is 2.12 bits per heavy atom. The van der Waals surface area contributed by atoms with Crippen LogP contribution in [0.4, 0.5) is 14.5 Å². The van der Waals surface area contributed by atoms with Gasteiger partial charge in [-0.2, -0.15) is 0 Å². The number of imidazole rings is 1. The van der Waals surface area contributed by atoms with Crippen LogP contribution in [0.25, 0.3) is 0 Å². The zero-order valence-corrected chi connectivity index (χ0v) is 22.5. The summed E-state index contributed by atoms with van der Waals surface area (Å²) in [5.74, 6) is -3.46. The van der Waals surface area contributed by atoms with Gasteiger partial charge >= 0.3 is 5.97 Å². The standard InChI is InChI=1S/C31H30F2N4O3/c1-19-14-20(4-13-26(19)35(2)3)16-36-18-34-25-17-37(28(31(39)40)15-27(25)36)30(38)29(21-5-9-23(32)10-6-21)22-7-11-24(33)12-8-22/h4-14,18,28-29H,15-17H2,1-3H3,(H,39,40). The Morgan fingerprint density at radius 2 is 1.60 bits per heavy atom. The minimum Gasteiger partial charge on any atom is -0.480 e. The summed E-state index contributed by atoms with van der Waals surface area (Å²) >= 11 is 0. The highest BCUT2D eigenvalue weighted by Crippen LogP contribution is 2.32. The molecule has 1 amide bonds. The highest BCUT2D eigenvalue weighted by molar-refractivity contribution is 5.91. The molecule has 40 heavy (non-hydrogen) atoms. The molecule has 1 aromatic heterocycles. The molecule has 1 atom stereocenters. The van der Waals surface area contributed by atoms with Gasteiger partial charge in [0, 0.05) is 38.4 Å². The third kappa shape index (κ3) is 5.32. The van der Waals surface area contributed by atoms with Crippen molar-refractivity contribution in [2.24, 2.45) is 0 Å². The van der Waals surface area contributed by atoms with Crippen molar-refractivity contribution in [3.05, 3.63) is 118 Å². The molecule has 0 saturated heterocycles. The first-order valence-electron chi connectivity index (χ1n) is 13.0. The number of nitrogens with zero attached hydrogens (tertiary/aromatic N) is 4. The predicted octanol–water partition coefficient (Wildman–Crippen LogP) is 4.75. The number of carboxylic acids is 1. The van der Waals surface area contributed by atoms with Crippen molar-refractivity contribution in [3.8, 4) is 0 Å². The van der Waals surface area contributed by atoms with Crippen molar-refractivity contribution in [3.63, 3.8) is 0 Å². The fourth-order valence-corrected chi connectivity index (χ4v) is 5.44. The smallest absolute Gasteiger partial charge is 0.326 e. The van der Waals surface area contributed by atoms with Crippen molar-refractivity contribution in [1.82, 2.24) is 14.5 Å². The lowest BCUT2D eigenvalue weighted by Crippen LogP contribution is -2.50. The van der Waals surface area contributed by atoms with E-state index in [0.717, 1.165) is 22.5 Å². The molecule has 0 saturated carbocycles. The summed E-state index contributed by atoms with van der Waals surface area (Å²) in [5, 5.41) is 10.2. The van der Waals surface area contributed by atoms with E-state index in [1.54, 1.807) is 6.33 Å². The molecular formula is C31H30F2N4O3. The Labute approximate surface area is 231 Å². The number of carbonyl (C=O) groups is 2. The van der Waals surface area contributed by atoms with Crippen molar-refractivity contribution >= 4 is 17.6 Å². The Hall–Kier alpha value is -4.53. The summed E-state index contributed by atoms with van der Waals surface area (Å²) in [4.78, 5) is 34.4. The van der Waals surface area contributed by atoms with Crippen LogP contribution in [-0.4, -0.2) is 51.6 Å². The van der Waals surface area contributed by atoms with Crippen LogP contribution in [0.2, 0.25) is 0 Å². The van der Waals surface area contributed by atoms with Crippen LogP contribution in [0.1, 0.15) is 39.6 Å². The summed E-state index contributed by atoms with van der Waals surface area (Å²) in [6, 6.07) is 16.0. The van der Waals surface area contributed by atoms with Gasteiger partial charge < -0.3 is 19.5 Å². The normalized spacial score (nSPS) is 14.8. The second-order valence-electron chi connectivity index (χ2n) is 10.3. The number of carbonyl (C=O) groups excluding carboxylic acids is 1. The molecule has 4 aromatic rings. The first kappa shape index (κ1) is 27.1. The van der Waals surface area contributed by atoms with E-state index < -0.39 is 35.5 Å². The minimum atomic E-state index is -1.13. The van der Waals surface area contributed by atoms with Gasteiger partial charge in [-0.05, 0) is 59.5 Å². The van der Waals surface area contributed by atoms with E-state index in [2.05, 4.69) is 17.1 Å². The number of rotatable bonds is 7. The molecule has 1 unspecified atom stereocenters. The molecule has 1 N–H and O–H groups in total. The molecule has 2 heterocycles. The number of benzene rings is 3. The van der Waals surface area contributed by atoms with Crippen LogP contribution in [0.15, 0.2) is 73.1 Å². The molecule has 9 heteroatoms. The third-order valence-electron chi connectivity index (χ3n) is 7.43. The molecule has 3 aromatic carbocycles. The van der Waals surface area contributed by atoms with Gasteiger partial charge in [-0.1, -0.05) is 36.4 Å². The lowest BCUT2D eigenvalue weighted by atomic mass is 9.88. The van der Waals surface area contributed by atoms with E-state index in [-0.39, 0.29) is 13.0 Å². The number of aromatic nitrogens is 2. The van der Waals surface area contributed by atoms with Gasteiger partial charge in [-0.3, -0.25) is 4.79 Å². The number of anilines is 1. The third-order valence-corrected chi connectivity index (χ3v) is 7.43. The zero-order chi connectivity index (χ0) is 28.6. The van der Waals surface area contributed by atoms with E-state index in [4.69, 9.17) is 0 Å². The van der Waals surface area contributed by atoms with E-state index in [1.165, 1.54) is 53.4 Å². The maximum absolute atomic E-state index is 14.1. The molecule has 5 rings (SSSR count). The first-order valence-corrected chi connectivity index (χ1v) is 13.0. The van der Waals surface area contributed by atoms with Crippen LogP contribution in [-0.2, 0) is 29.1 Å². The summed E-state index contributed by atoms with van der Waals surface area (Å²) in [5.41, 5.74) is 5.67. The van der Waals surface area contributed by atoms with E-state index in [9.17, 15) is 23.5 Å². The van der Waals surface area contributed by atoms with E-state index >= 15 is 0 Å². The number of amides is 1. The van der Waals surface area contributed by atoms with Gasteiger partial charge in [0.05, 0.1) is 24.5 Å². The average Bonchev–Trinajstić information content (AvgIpc) is 3.31. The van der Waals surface area contributed by atoms with Crippen LogP contribution >= 0.6 is 0 Å². The Bertz CT molecular complexity index is 1500. The van der Waals surface area contributed by atoms with E-state index in [1.807, 2.05) is 36.6 Å². The molecule has 0 radical (unpaired) electrons. The first-order chi connectivity index (χ1) is 19.1. The fraction of sp³-hybridized carbons (Fsp3) is 0.258. The number of hydrogen-bond acceptors (Lipinski definition) is 4. The maximum atomic E-state index is 14.1. The van der Waals surface area contributed by atoms with Crippen molar-refractivity contribution in [2.75, 3.05) is 19.0 Å². The average molecular weight is 545 g/mol. The van der Waals surface area contributed by atoms with Crippen LogP contribution < -0.4 is 4.90 Å². The second kappa shape index (κ2) is 10.9. The zero-order valence-electron chi connectivity index (χ0n) is 22.5. The summed E-state index contributed by atoms with van der Waals surface area (Å²) in [7, 11) is 3.98. The molecule has 0 aliphatic carbocycles. The van der Waals surface area contributed by atoms with E-state index in [0.29, 0.717) is 23.4 Å². The predicted molar refractivity (Wildman–Crippen MR) is 147 cm³/mol. The second-order valence-corrected chi connectivity index (χ2v) is 10.3. The fourth-order valence-electron chi connectivity index (χ4n) is 5.44. The van der Waals surface area contributed by atoms with Crippen molar-refractivity contribution in [2.45, 2.75) is 38.4 Å². The van der Waals surface area contributed by atoms with Crippen molar-refractivity contribution < 1.29 is 23.5 Å². The highest BCUT2D eigenvalue weighted by Gasteiger charge is 2.40. The van der Waals surface area contributed by atoms with Crippen LogP contribution in [0.3, 0.4) is 0 Å². The topological polar surface area (TPSA) is 78.7 Å². The monoisotopic (exact) mass is 544 g/mol. The number of aryl methyl sites for hydroxylation is 1. The van der Waals surface area contributed by atoms with Crippen LogP contribution in [0, 0.1) is 18.6 Å². The number of halogens is 2. The van der Waals surface area contributed by atoms with Gasteiger partial charge in [0.15, 0.2) is 0 Å². The molecule has 7 nitrogen and oxygen atoms in total. The molecule has 0 bridgehead atoms. The highest BCUT2D eigenvalue weighted by atomic mass is 19.1. The maximum Gasteiger partial charge on any atom is 0.326 e. The van der Waals surface area contributed by atoms with Gasteiger partial charge in [0.1, 0.15) is 17.7 Å². The largest absolute Gasteiger partial charge is 0.480 e. The summed E-state index contributed by atoms with van der Waals surface area (Å²) in [6.45, 7) is 2.57. The van der Waals surface area contributed by atoms with Gasteiger partial charge in [-0.25, -0.2) is 18.6 Å². The van der Waals surface area contributed by atoms with Gasteiger partial charge in [0.2, 0.25) is 5.91 Å². The minimum absolute atomic E-state index is 0.00954.